The molecule has 122 valence electrons. The van der Waals surface area contributed by atoms with Crippen molar-refractivity contribution in [2.45, 2.75) is 12.5 Å². The average Bonchev–Trinajstić information content (AvgIpc) is 2.86. The molecule has 0 spiro atoms. The number of benzene rings is 1. The summed E-state index contributed by atoms with van der Waals surface area (Å²) in [5.74, 6) is -1.11. The fourth-order valence-corrected chi connectivity index (χ4v) is 2.23. The predicted molar refractivity (Wildman–Crippen MR) is 78.8 cm³/mol. The Morgan fingerprint density at radius 1 is 1.22 bits per heavy atom. The maximum atomic E-state index is 12.0. The van der Waals surface area contributed by atoms with Crippen LogP contribution in [0.4, 0.5) is 0 Å². The van der Waals surface area contributed by atoms with E-state index < -0.39 is 24.0 Å². The van der Waals surface area contributed by atoms with E-state index in [0.717, 1.165) is 0 Å². The first-order valence-corrected chi connectivity index (χ1v) is 6.76. The smallest absolute Gasteiger partial charge is 0.339 e. The van der Waals surface area contributed by atoms with Crippen LogP contribution in [0, 0.1) is 0 Å². The predicted octanol–water partition coefficient (Wildman–Crippen LogP) is 1.66. The molecule has 0 N–H and O–H groups in total. The summed E-state index contributed by atoms with van der Waals surface area (Å²) in [6, 6.07) is 3.16. The van der Waals surface area contributed by atoms with Crippen molar-refractivity contribution in [2.75, 3.05) is 21.3 Å². The van der Waals surface area contributed by atoms with Gasteiger partial charge in [0.1, 0.15) is 11.9 Å². The summed E-state index contributed by atoms with van der Waals surface area (Å²) < 4.78 is 19.6. The first-order chi connectivity index (χ1) is 11.0. The maximum absolute atomic E-state index is 12.0. The number of fused-ring (bicyclic) bond motifs is 1. The molecular formula is C16H16O7. The lowest BCUT2D eigenvalue weighted by molar-refractivity contribution is -0.142. The highest BCUT2D eigenvalue weighted by Crippen LogP contribution is 2.37. The molecule has 1 heterocycles. The second-order valence-corrected chi connectivity index (χ2v) is 4.71. The van der Waals surface area contributed by atoms with Crippen molar-refractivity contribution in [1.82, 2.24) is 0 Å². The van der Waals surface area contributed by atoms with Gasteiger partial charge in [0.25, 0.3) is 0 Å². The molecule has 1 aliphatic heterocycles. The molecule has 1 aromatic carbocycles. The fourth-order valence-electron chi connectivity index (χ4n) is 2.23. The van der Waals surface area contributed by atoms with Crippen LogP contribution in [0.3, 0.4) is 0 Å². The SMILES string of the molecule is COC(=O)/C=C/c1cc2c(cc1OC)C(CC(=O)OC)OC2=O. The first kappa shape index (κ1) is 16.5. The Bertz CT molecular complexity index is 675. The number of cyclic esters (lactones) is 1. The van der Waals surface area contributed by atoms with Crippen LogP contribution in [0.15, 0.2) is 18.2 Å². The van der Waals surface area contributed by atoms with Crippen molar-refractivity contribution in [2.24, 2.45) is 0 Å². The lowest BCUT2D eigenvalue weighted by Crippen LogP contribution is -2.08. The lowest BCUT2D eigenvalue weighted by Gasteiger charge is -2.11. The van der Waals surface area contributed by atoms with Gasteiger partial charge in [0.15, 0.2) is 0 Å². The molecule has 1 aliphatic rings. The molecular weight excluding hydrogens is 304 g/mol. The van der Waals surface area contributed by atoms with Crippen LogP contribution in [0.5, 0.6) is 5.75 Å². The summed E-state index contributed by atoms with van der Waals surface area (Å²) >= 11 is 0. The highest BCUT2D eigenvalue weighted by atomic mass is 16.6. The van der Waals surface area contributed by atoms with Gasteiger partial charge in [-0.3, -0.25) is 4.79 Å². The third kappa shape index (κ3) is 3.50. The van der Waals surface area contributed by atoms with Gasteiger partial charge in [-0.25, -0.2) is 9.59 Å². The van der Waals surface area contributed by atoms with E-state index in [-0.39, 0.29) is 6.42 Å². The second kappa shape index (κ2) is 6.95. The summed E-state index contributed by atoms with van der Waals surface area (Å²) in [6.45, 7) is 0. The van der Waals surface area contributed by atoms with Crippen LogP contribution in [-0.4, -0.2) is 39.2 Å². The van der Waals surface area contributed by atoms with E-state index in [1.165, 1.54) is 33.5 Å². The Labute approximate surface area is 132 Å². The Kier molecular flexibility index (Phi) is 5.00. The van der Waals surface area contributed by atoms with Gasteiger partial charge in [0.05, 0.1) is 33.3 Å². The first-order valence-electron chi connectivity index (χ1n) is 6.76. The molecule has 0 bridgehead atoms. The number of hydrogen-bond donors (Lipinski definition) is 0. The maximum Gasteiger partial charge on any atom is 0.339 e. The summed E-state index contributed by atoms with van der Waals surface area (Å²) in [4.78, 5) is 34.6. The monoisotopic (exact) mass is 320 g/mol. The standard InChI is InChI=1S/C16H16O7/c1-20-12-7-10-11(6-9(12)4-5-14(17)21-2)16(19)23-13(10)8-15(18)22-3/h4-7,13H,8H2,1-3H3/b5-4+. The molecule has 0 fully saturated rings. The van der Waals surface area contributed by atoms with Crippen molar-refractivity contribution < 1.29 is 33.3 Å². The number of esters is 3. The van der Waals surface area contributed by atoms with E-state index in [9.17, 15) is 14.4 Å². The van der Waals surface area contributed by atoms with Crippen LogP contribution in [-0.2, 0) is 23.8 Å². The zero-order valence-electron chi connectivity index (χ0n) is 13.0. The molecule has 2 rings (SSSR count). The van der Waals surface area contributed by atoms with E-state index >= 15 is 0 Å². The van der Waals surface area contributed by atoms with Crippen LogP contribution in [0.2, 0.25) is 0 Å². The van der Waals surface area contributed by atoms with Gasteiger partial charge in [0.2, 0.25) is 0 Å². The molecule has 0 aromatic heterocycles. The Hall–Kier alpha value is -2.83. The average molecular weight is 320 g/mol. The number of carbonyl (C=O) groups is 3. The molecule has 0 aliphatic carbocycles. The van der Waals surface area contributed by atoms with E-state index in [4.69, 9.17) is 9.47 Å². The van der Waals surface area contributed by atoms with Gasteiger partial charge >= 0.3 is 17.9 Å². The Balaban J connectivity index is 2.39. The van der Waals surface area contributed by atoms with E-state index in [2.05, 4.69) is 9.47 Å². The molecule has 0 amide bonds. The highest BCUT2D eigenvalue weighted by molar-refractivity contribution is 5.96. The molecule has 0 saturated carbocycles. The van der Waals surface area contributed by atoms with Crippen molar-refractivity contribution in [3.05, 3.63) is 34.9 Å². The molecule has 0 radical (unpaired) electrons. The number of hydrogen-bond acceptors (Lipinski definition) is 7. The van der Waals surface area contributed by atoms with Crippen LogP contribution < -0.4 is 4.74 Å². The van der Waals surface area contributed by atoms with Crippen LogP contribution in [0.25, 0.3) is 6.08 Å². The minimum atomic E-state index is -0.711. The normalized spacial score (nSPS) is 16.0. The Morgan fingerprint density at radius 3 is 2.57 bits per heavy atom. The molecule has 1 aromatic rings. The third-order valence-electron chi connectivity index (χ3n) is 3.40. The quantitative estimate of drug-likeness (QED) is 0.463. The lowest BCUT2D eigenvalue weighted by atomic mass is 9.99. The van der Waals surface area contributed by atoms with Crippen molar-refractivity contribution in [3.63, 3.8) is 0 Å². The second-order valence-electron chi connectivity index (χ2n) is 4.71. The highest BCUT2D eigenvalue weighted by Gasteiger charge is 2.34. The minimum absolute atomic E-state index is 0.0737. The van der Waals surface area contributed by atoms with E-state index in [1.54, 1.807) is 12.1 Å². The van der Waals surface area contributed by atoms with Crippen molar-refractivity contribution >= 4 is 24.0 Å². The van der Waals surface area contributed by atoms with Gasteiger partial charge < -0.3 is 18.9 Å². The van der Waals surface area contributed by atoms with Crippen LogP contribution >= 0.6 is 0 Å². The molecule has 23 heavy (non-hydrogen) atoms. The summed E-state index contributed by atoms with van der Waals surface area (Å²) in [5, 5.41) is 0. The van der Waals surface area contributed by atoms with Gasteiger partial charge in [-0.05, 0) is 18.2 Å². The molecule has 7 nitrogen and oxygen atoms in total. The summed E-state index contributed by atoms with van der Waals surface area (Å²) in [6.07, 6.45) is 1.91. The zero-order valence-corrected chi connectivity index (χ0v) is 13.0. The Morgan fingerprint density at radius 2 is 1.96 bits per heavy atom. The zero-order chi connectivity index (χ0) is 17.0. The summed E-state index contributed by atoms with van der Waals surface area (Å²) in [5.41, 5.74) is 1.39. The topological polar surface area (TPSA) is 88.1 Å². The number of rotatable bonds is 5. The molecule has 1 atom stereocenters. The fraction of sp³-hybridized carbons (Fsp3) is 0.312. The number of carbonyl (C=O) groups excluding carboxylic acids is 3. The van der Waals surface area contributed by atoms with Gasteiger partial charge in [0, 0.05) is 17.2 Å². The third-order valence-corrected chi connectivity index (χ3v) is 3.40. The van der Waals surface area contributed by atoms with Crippen molar-refractivity contribution in [1.29, 1.82) is 0 Å². The molecule has 7 heteroatoms. The van der Waals surface area contributed by atoms with Crippen molar-refractivity contribution in [3.8, 4) is 5.75 Å². The van der Waals surface area contributed by atoms with E-state index in [0.29, 0.717) is 22.4 Å². The van der Waals surface area contributed by atoms with Crippen LogP contribution in [0.1, 0.15) is 34.0 Å². The minimum Gasteiger partial charge on any atom is -0.496 e. The number of ether oxygens (including phenoxy) is 4. The van der Waals surface area contributed by atoms with E-state index in [1.807, 2.05) is 0 Å². The summed E-state index contributed by atoms with van der Waals surface area (Å²) in [7, 11) is 3.99. The molecule has 1 unspecified atom stereocenters. The number of methoxy groups -OCH3 is 3. The van der Waals surface area contributed by atoms with Gasteiger partial charge in [-0.2, -0.15) is 0 Å². The van der Waals surface area contributed by atoms with Gasteiger partial charge in [-0.1, -0.05) is 0 Å². The largest absolute Gasteiger partial charge is 0.496 e. The molecule has 0 saturated heterocycles. The van der Waals surface area contributed by atoms with Gasteiger partial charge in [-0.15, -0.1) is 0 Å².